The molecule has 0 spiro atoms. The third-order valence-electron chi connectivity index (χ3n) is 4.70. The summed E-state index contributed by atoms with van der Waals surface area (Å²) in [7, 11) is 0. The van der Waals surface area contributed by atoms with Crippen molar-refractivity contribution in [2.24, 2.45) is 0 Å². The Kier molecular flexibility index (Phi) is 5.16. The Bertz CT molecular complexity index is 580. The molecule has 0 unspecified atom stereocenters. The van der Waals surface area contributed by atoms with Crippen LogP contribution < -0.4 is 16.0 Å². The lowest BCUT2D eigenvalue weighted by Gasteiger charge is -2.23. The van der Waals surface area contributed by atoms with E-state index in [4.69, 9.17) is 0 Å². The third kappa shape index (κ3) is 4.47. The average Bonchev–Trinajstić information content (AvgIpc) is 2.56. The van der Waals surface area contributed by atoms with Gasteiger partial charge in [-0.25, -0.2) is 4.79 Å². The maximum atomic E-state index is 11.9. The molecule has 1 heterocycles. The van der Waals surface area contributed by atoms with Crippen molar-refractivity contribution in [3.05, 3.63) is 29.3 Å². The predicted molar refractivity (Wildman–Crippen MR) is 90.5 cm³/mol. The summed E-state index contributed by atoms with van der Waals surface area (Å²) in [6.45, 7) is 0.629. The SMILES string of the molecule is O=C1CCc2cc(CCNC(=O)NC3CCCCC3)ccc2N1. The smallest absolute Gasteiger partial charge is 0.315 e. The van der Waals surface area contributed by atoms with Crippen LogP contribution in [0, 0.1) is 0 Å². The van der Waals surface area contributed by atoms with E-state index < -0.39 is 0 Å². The molecule has 0 atom stereocenters. The number of carbonyl (C=O) groups excluding carboxylic acids is 2. The van der Waals surface area contributed by atoms with Gasteiger partial charge in [-0.3, -0.25) is 4.79 Å². The zero-order valence-corrected chi connectivity index (χ0v) is 13.5. The molecule has 0 bridgehead atoms. The van der Waals surface area contributed by atoms with Crippen LogP contribution >= 0.6 is 0 Å². The van der Waals surface area contributed by atoms with E-state index in [2.05, 4.69) is 22.0 Å². The lowest BCUT2D eigenvalue weighted by molar-refractivity contribution is -0.116. The van der Waals surface area contributed by atoms with Crippen LogP contribution in [0.25, 0.3) is 0 Å². The highest BCUT2D eigenvalue weighted by Crippen LogP contribution is 2.23. The van der Waals surface area contributed by atoms with Gasteiger partial charge in [-0.05, 0) is 42.9 Å². The van der Waals surface area contributed by atoms with Gasteiger partial charge in [0.25, 0.3) is 0 Å². The van der Waals surface area contributed by atoms with Gasteiger partial charge in [0, 0.05) is 24.7 Å². The van der Waals surface area contributed by atoms with E-state index in [9.17, 15) is 9.59 Å². The third-order valence-corrected chi connectivity index (χ3v) is 4.70. The van der Waals surface area contributed by atoms with E-state index in [0.717, 1.165) is 31.4 Å². The minimum atomic E-state index is -0.0536. The number of rotatable bonds is 4. The fraction of sp³-hybridized carbons (Fsp3) is 0.556. The molecule has 3 N–H and O–H groups in total. The number of benzene rings is 1. The van der Waals surface area contributed by atoms with Crippen molar-refractivity contribution in [3.8, 4) is 0 Å². The summed E-state index contributed by atoms with van der Waals surface area (Å²) in [5.41, 5.74) is 3.31. The first-order valence-corrected chi connectivity index (χ1v) is 8.67. The summed E-state index contributed by atoms with van der Waals surface area (Å²) in [5, 5.41) is 8.90. The monoisotopic (exact) mass is 315 g/mol. The number of amides is 3. The fourth-order valence-corrected chi connectivity index (χ4v) is 3.40. The van der Waals surface area contributed by atoms with Crippen LogP contribution in [0.2, 0.25) is 0 Å². The first kappa shape index (κ1) is 15.8. The van der Waals surface area contributed by atoms with E-state index in [1.807, 2.05) is 12.1 Å². The molecule has 0 radical (unpaired) electrons. The molecule has 5 heteroatoms. The van der Waals surface area contributed by atoms with Gasteiger partial charge in [0.15, 0.2) is 0 Å². The van der Waals surface area contributed by atoms with Crippen molar-refractivity contribution in [3.63, 3.8) is 0 Å². The number of carbonyl (C=O) groups is 2. The number of hydrogen-bond donors (Lipinski definition) is 3. The van der Waals surface area contributed by atoms with Crippen molar-refractivity contribution in [2.75, 3.05) is 11.9 Å². The minimum absolute atomic E-state index is 0.0536. The number of nitrogens with one attached hydrogen (secondary N) is 3. The Morgan fingerprint density at radius 1 is 1.17 bits per heavy atom. The van der Waals surface area contributed by atoms with Gasteiger partial charge in [-0.2, -0.15) is 0 Å². The zero-order chi connectivity index (χ0) is 16.1. The first-order valence-electron chi connectivity index (χ1n) is 8.67. The summed E-state index contributed by atoms with van der Waals surface area (Å²) in [4.78, 5) is 23.3. The number of aryl methyl sites for hydroxylation is 1. The second-order valence-corrected chi connectivity index (χ2v) is 6.52. The fourth-order valence-electron chi connectivity index (χ4n) is 3.40. The molecule has 23 heavy (non-hydrogen) atoms. The molecule has 1 aromatic rings. The van der Waals surface area contributed by atoms with Gasteiger partial charge in [-0.1, -0.05) is 31.4 Å². The van der Waals surface area contributed by atoms with Crippen molar-refractivity contribution >= 4 is 17.6 Å². The van der Waals surface area contributed by atoms with Crippen LogP contribution in [0.4, 0.5) is 10.5 Å². The quantitative estimate of drug-likeness (QED) is 0.799. The van der Waals surface area contributed by atoms with Gasteiger partial charge < -0.3 is 16.0 Å². The van der Waals surface area contributed by atoms with Crippen molar-refractivity contribution in [1.82, 2.24) is 10.6 Å². The van der Waals surface area contributed by atoms with E-state index in [1.165, 1.54) is 30.4 Å². The normalized spacial score (nSPS) is 18.0. The van der Waals surface area contributed by atoms with Crippen LogP contribution in [-0.2, 0) is 17.6 Å². The van der Waals surface area contributed by atoms with Crippen molar-refractivity contribution in [2.45, 2.75) is 57.4 Å². The van der Waals surface area contributed by atoms with Crippen LogP contribution in [0.1, 0.15) is 49.7 Å². The molecule has 0 saturated heterocycles. The predicted octanol–water partition coefficient (Wildman–Crippen LogP) is 2.75. The highest BCUT2D eigenvalue weighted by molar-refractivity contribution is 5.93. The largest absolute Gasteiger partial charge is 0.338 e. The molecular formula is C18H25N3O2. The lowest BCUT2D eigenvalue weighted by Crippen LogP contribution is -2.43. The van der Waals surface area contributed by atoms with E-state index in [1.54, 1.807) is 0 Å². The van der Waals surface area contributed by atoms with Crippen molar-refractivity contribution < 1.29 is 9.59 Å². The molecule has 1 aromatic carbocycles. The molecule has 3 rings (SSSR count). The number of hydrogen-bond acceptors (Lipinski definition) is 2. The van der Waals surface area contributed by atoms with Gasteiger partial charge in [-0.15, -0.1) is 0 Å². The number of urea groups is 1. The molecule has 0 aromatic heterocycles. The highest BCUT2D eigenvalue weighted by atomic mass is 16.2. The maximum absolute atomic E-state index is 11.9. The molecular weight excluding hydrogens is 290 g/mol. The molecule has 1 aliphatic carbocycles. The molecule has 3 amide bonds. The molecule has 1 aliphatic heterocycles. The van der Waals surface area contributed by atoms with Crippen LogP contribution in [0.15, 0.2) is 18.2 Å². The summed E-state index contributed by atoms with van der Waals surface area (Å²) in [5.74, 6) is 0.0892. The summed E-state index contributed by atoms with van der Waals surface area (Å²) in [6.07, 6.45) is 8.09. The van der Waals surface area contributed by atoms with Gasteiger partial charge in [0.2, 0.25) is 5.91 Å². The first-order chi connectivity index (χ1) is 11.2. The lowest BCUT2D eigenvalue weighted by atomic mass is 9.96. The zero-order valence-electron chi connectivity index (χ0n) is 13.5. The average molecular weight is 315 g/mol. The molecule has 5 nitrogen and oxygen atoms in total. The second kappa shape index (κ2) is 7.49. The molecule has 1 fully saturated rings. The Hall–Kier alpha value is -2.04. The van der Waals surface area contributed by atoms with Crippen LogP contribution in [0.5, 0.6) is 0 Å². The highest BCUT2D eigenvalue weighted by Gasteiger charge is 2.16. The standard InChI is InChI=1S/C18H25N3O2/c22-17-9-7-14-12-13(6-8-16(14)21-17)10-11-19-18(23)20-15-4-2-1-3-5-15/h6,8,12,15H,1-5,7,9-11H2,(H,21,22)(H2,19,20,23). The summed E-state index contributed by atoms with van der Waals surface area (Å²) >= 11 is 0. The van der Waals surface area contributed by atoms with Gasteiger partial charge >= 0.3 is 6.03 Å². The number of anilines is 1. The van der Waals surface area contributed by atoms with Crippen molar-refractivity contribution in [1.29, 1.82) is 0 Å². The van der Waals surface area contributed by atoms with Crippen LogP contribution in [0.3, 0.4) is 0 Å². The topological polar surface area (TPSA) is 70.2 Å². The number of fused-ring (bicyclic) bond motifs is 1. The van der Waals surface area contributed by atoms with E-state index in [0.29, 0.717) is 19.0 Å². The Morgan fingerprint density at radius 2 is 2.00 bits per heavy atom. The molecule has 2 aliphatic rings. The summed E-state index contributed by atoms with van der Waals surface area (Å²) < 4.78 is 0. The Balaban J connectivity index is 1.43. The van der Waals surface area contributed by atoms with E-state index >= 15 is 0 Å². The minimum Gasteiger partial charge on any atom is -0.338 e. The Morgan fingerprint density at radius 3 is 2.83 bits per heavy atom. The molecule has 124 valence electrons. The Labute approximate surface area is 137 Å². The second-order valence-electron chi connectivity index (χ2n) is 6.52. The summed E-state index contributed by atoms with van der Waals surface area (Å²) in [6, 6.07) is 6.41. The van der Waals surface area contributed by atoms with Gasteiger partial charge in [0.05, 0.1) is 0 Å². The maximum Gasteiger partial charge on any atom is 0.315 e. The van der Waals surface area contributed by atoms with Crippen LogP contribution in [-0.4, -0.2) is 24.5 Å². The van der Waals surface area contributed by atoms with E-state index in [-0.39, 0.29) is 11.9 Å². The van der Waals surface area contributed by atoms with Gasteiger partial charge in [0.1, 0.15) is 0 Å². The molecule has 1 saturated carbocycles.